The minimum Gasteiger partial charge on any atom is -0.450 e. The number of carbonyl (C=O) groups is 1. The average molecular weight is 114 g/mol. The minimum absolute atomic E-state index is 0.0995. The van der Waals surface area contributed by atoms with Crippen molar-refractivity contribution in [2.75, 3.05) is 0 Å². The van der Waals surface area contributed by atoms with Crippen molar-refractivity contribution in [1.82, 2.24) is 0 Å². The van der Waals surface area contributed by atoms with E-state index < -0.39 is 6.10 Å². The molecule has 8 heavy (non-hydrogen) atoms. The molecular weight excluding hydrogens is 108 g/mol. The highest BCUT2D eigenvalue weighted by Crippen LogP contribution is 2.12. The Morgan fingerprint density at radius 1 is 1.75 bits per heavy atom. The Kier molecular flexibility index (Phi) is 0.970. The largest absolute Gasteiger partial charge is 0.450 e. The van der Waals surface area contributed by atoms with Gasteiger partial charge in [0.05, 0.1) is 0 Å². The van der Waals surface area contributed by atoms with E-state index in [-0.39, 0.29) is 11.9 Å². The van der Waals surface area contributed by atoms with Crippen LogP contribution in [0.25, 0.3) is 0 Å². The first-order valence-corrected chi connectivity index (χ1v) is 2.27. The van der Waals surface area contributed by atoms with Crippen LogP contribution in [0.4, 0.5) is 0 Å². The summed E-state index contributed by atoms with van der Waals surface area (Å²) >= 11 is 0. The number of hydrogen-bond donors (Lipinski definition) is 0. The SMILES string of the molecule is C=C1OC(=O)C(C)O1. The first-order valence-electron chi connectivity index (χ1n) is 2.27. The highest BCUT2D eigenvalue weighted by molar-refractivity contribution is 5.76. The van der Waals surface area contributed by atoms with Crippen molar-refractivity contribution in [3.05, 3.63) is 12.5 Å². The molecular formula is C5H6O3. The molecule has 0 aromatic heterocycles. The monoisotopic (exact) mass is 114 g/mol. The number of carbonyl (C=O) groups excluding carboxylic acids is 1. The van der Waals surface area contributed by atoms with Gasteiger partial charge < -0.3 is 9.47 Å². The van der Waals surface area contributed by atoms with Gasteiger partial charge in [0.1, 0.15) is 0 Å². The van der Waals surface area contributed by atoms with Gasteiger partial charge in [-0.15, -0.1) is 0 Å². The van der Waals surface area contributed by atoms with Crippen LogP contribution < -0.4 is 0 Å². The van der Waals surface area contributed by atoms with Crippen LogP contribution in [-0.4, -0.2) is 12.1 Å². The Balaban J connectivity index is 2.64. The van der Waals surface area contributed by atoms with E-state index in [1.165, 1.54) is 0 Å². The third-order valence-electron chi connectivity index (χ3n) is 0.855. The molecule has 1 aliphatic heterocycles. The quantitative estimate of drug-likeness (QED) is 0.428. The van der Waals surface area contributed by atoms with Crippen LogP contribution in [0, 0.1) is 0 Å². The Morgan fingerprint density at radius 2 is 2.38 bits per heavy atom. The second-order valence-corrected chi connectivity index (χ2v) is 1.55. The van der Waals surface area contributed by atoms with Crippen molar-refractivity contribution in [2.45, 2.75) is 13.0 Å². The Bertz CT molecular complexity index is 139. The average Bonchev–Trinajstić information content (AvgIpc) is 1.85. The van der Waals surface area contributed by atoms with Gasteiger partial charge in [-0.3, -0.25) is 0 Å². The summed E-state index contributed by atoms with van der Waals surface area (Å²) in [6.07, 6.45) is -0.470. The van der Waals surface area contributed by atoms with E-state index in [4.69, 9.17) is 4.74 Å². The fourth-order valence-corrected chi connectivity index (χ4v) is 0.465. The molecule has 3 heteroatoms. The molecule has 0 radical (unpaired) electrons. The fourth-order valence-electron chi connectivity index (χ4n) is 0.465. The van der Waals surface area contributed by atoms with Crippen molar-refractivity contribution >= 4 is 5.97 Å². The maximum absolute atomic E-state index is 10.4. The van der Waals surface area contributed by atoms with Gasteiger partial charge in [0.15, 0.2) is 6.10 Å². The van der Waals surface area contributed by atoms with Gasteiger partial charge in [0.25, 0.3) is 5.95 Å². The zero-order chi connectivity index (χ0) is 6.15. The number of esters is 1. The van der Waals surface area contributed by atoms with Gasteiger partial charge >= 0.3 is 5.97 Å². The van der Waals surface area contributed by atoms with E-state index in [0.717, 1.165) is 0 Å². The molecule has 44 valence electrons. The summed E-state index contributed by atoms with van der Waals surface area (Å²) in [5, 5.41) is 0. The molecule has 1 fully saturated rings. The van der Waals surface area contributed by atoms with Crippen LogP contribution >= 0.6 is 0 Å². The van der Waals surface area contributed by atoms with Crippen LogP contribution in [0.1, 0.15) is 6.92 Å². The minimum atomic E-state index is -0.470. The number of rotatable bonds is 0. The zero-order valence-corrected chi connectivity index (χ0v) is 4.51. The summed E-state index contributed by atoms with van der Waals surface area (Å²) in [6.45, 7) is 4.90. The standard InChI is InChI=1S/C5H6O3/c1-3-5(6)8-4(2)7-3/h3H,2H2,1H3. The first-order chi connectivity index (χ1) is 3.70. The predicted molar refractivity (Wildman–Crippen MR) is 25.8 cm³/mol. The van der Waals surface area contributed by atoms with E-state index >= 15 is 0 Å². The zero-order valence-electron chi connectivity index (χ0n) is 4.51. The molecule has 3 nitrogen and oxygen atoms in total. The van der Waals surface area contributed by atoms with Crippen molar-refractivity contribution in [3.63, 3.8) is 0 Å². The van der Waals surface area contributed by atoms with Gasteiger partial charge in [-0.25, -0.2) is 4.79 Å². The Morgan fingerprint density at radius 3 is 2.50 bits per heavy atom. The third-order valence-corrected chi connectivity index (χ3v) is 0.855. The van der Waals surface area contributed by atoms with Crippen LogP contribution in [0.2, 0.25) is 0 Å². The number of ether oxygens (including phenoxy) is 2. The molecule has 0 aromatic rings. The topological polar surface area (TPSA) is 35.5 Å². The smallest absolute Gasteiger partial charge is 0.354 e. The van der Waals surface area contributed by atoms with Gasteiger partial charge in [-0.2, -0.15) is 0 Å². The normalized spacial score (nSPS) is 27.4. The Hall–Kier alpha value is -0.990. The molecule has 0 aliphatic carbocycles. The van der Waals surface area contributed by atoms with Crippen molar-refractivity contribution < 1.29 is 14.3 Å². The summed E-state index contributed by atoms with van der Waals surface area (Å²) in [7, 11) is 0. The van der Waals surface area contributed by atoms with Crippen LogP contribution in [0.5, 0.6) is 0 Å². The summed E-state index contributed by atoms with van der Waals surface area (Å²) in [4.78, 5) is 10.4. The molecule has 0 aromatic carbocycles. The molecule has 1 saturated heterocycles. The maximum atomic E-state index is 10.4. The lowest BCUT2D eigenvalue weighted by molar-refractivity contribution is -0.136. The summed E-state index contributed by atoms with van der Waals surface area (Å²) in [5.74, 6) is -0.266. The van der Waals surface area contributed by atoms with Gasteiger partial charge in [0, 0.05) is 0 Å². The lowest BCUT2D eigenvalue weighted by Crippen LogP contribution is -2.09. The molecule has 0 bridgehead atoms. The fraction of sp³-hybridized carbons (Fsp3) is 0.400. The molecule has 0 N–H and O–H groups in total. The van der Waals surface area contributed by atoms with E-state index in [2.05, 4.69) is 11.3 Å². The van der Waals surface area contributed by atoms with Gasteiger partial charge in [-0.05, 0) is 13.5 Å². The lowest BCUT2D eigenvalue weighted by Gasteiger charge is -1.91. The van der Waals surface area contributed by atoms with Crippen LogP contribution in [-0.2, 0) is 14.3 Å². The molecule has 0 amide bonds. The van der Waals surface area contributed by atoms with Gasteiger partial charge in [-0.1, -0.05) is 0 Å². The van der Waals surface area contributed by atoms with Crippen LogP contribution in [0.15, 0.2) is 12.5 Å². The Labute approximate surface area is 46.9 Å². The number of cyclic esters (lactones) is 1. The second kappa shape index (κ2) is 1.51. The van der Waals surface area contributed by atoms with E-state index in [1.807, 2.05) is 0 Å². The third kappa shape index (κ3) is 0.665. The predicted octanol–water partition coefficient (Wildman–Crippen LogP) is 0.419. The molecule has 1 aliphatic rings. The van der Waals surface area contributed by atoms with E-state index in [0.29, 0.717) is 0 Å². The molecule has 0 spiro atoms. The van der Waals surface area contributed by atoms with Gasteiger partial charge in [0.2, 0.25) is 0 Å². The molecule has 1 heterocycles. The molecule has 1 atom stereocenters. The number of hydrogen-bond acceptors (Lipinski definition) is 3. The summed E-state index contributed by atoms with van der Waals surface area (Å²) in [6, 6.07) is 0. The highest BCUT2D eigenvalue weighted by Gasteiger charge is 2.25. The van der Waals surface area contributed by atoms with Crippen molar-refractivity contribution in [1.29, 1.82) is 0 Å². The van der Waals surface area contributed by atoms with Crippen molar-refractivity contribution in [3.8, 4) is 0 Å². The molecule has 0 saturated carbocycles. The first kappa shape index (κ1) is 5.15. The molecule has 1 unspecified atom stereocenters. The lowest BCUT2D eigenvalue weighted by atomic mass is 10.4. The summed E-state index contributed by atoms with van der Waals surface area (Å²) in [5.41, 5.74) is 0. The summed E-state index contributed by atoms with van der Waals surface area (Å²) < 4.78 is 9.12. The second-order valence-electron chi connectivity index (χ2n) is 1.55. The van der Waals surface area contributed by atoms with E-state index in [1.54, 1.807) is 6.92 Å². The highest BCUT2D eigenvalue weighted by atomic mass is 16.7. The van der Waals surface area contributed by atoms with Crippen molar-refractivity contribution in [2.24, 2.45) is 0 Å². The molecule has 1 rings (SSSR count). The maximum Gasteiger partial charge on any atom is 0.354 e. The van der Waals surface area contributed by atoms with E-state index in [9.17, 15) is 4.79 Å². The van der Waals surface area contributed by atoms with Crippen LogP contribution in [0.3, 0.4) is 0 Å².